The predicted octanol–water partition coefficient (Wildman–Crippen LogP) is 4.57. The van der Waals surface area contributed by atoms with E-state index in [0.29, 0.717) is 32.6 Å². The Balaban J connectivity index is 1.31. The van der Waals surface area contributed by atoms with Crippen LogP contribution in [-0.2, 0) is 29.1 Å². The van der Waals surface area contributed by atoms with Crippen molar-refractivity contribution in [2.75, 3.05) is 19.6 Å². The zero-order valence-electron chi connectivity index (χ0n) is 24.5. The van der Waals surface area contributed by atoms with Gasteiger partial charge >= 0.3 is 6.03 Å². The van der Waals surface area contributed by atoms with Gasteiger partial charge < -0.3 is 15.1 Å². The third kappa shape index (κ3) is 5.98. The lowest BCUT2D eigenvalue weighted by Crippen LogP contribution is -2.66. The topological polar surface area (TPSA) is 89.1 Å². The van der Waals surface area contributed by atoms with Crippen molar-refractivity contribution in [3.05, 3.63) is 101 Å². The molecule has 2 fully saturated rings. The molecule has 2 aliphatic rings. The highest BCUT2D eigenvalue weighted by molar-refractivity contribution is 7.18. The number of aryl methyl sites for hydroxylation is 1. The van der Waals surface area contributed by atoms with Gasteiger partial charge in [0.1, 0.15) is 12.2 Å². The Morgan fingerprint density at radius 2 is 1.72 bits per heavy atom. The SMILES string of the molecule is CCCN(C(=O)NCc1ccccc1)N1CC(=O)N2[C@@H](Cc3ccccc3)C(=O)N(Cc3cccc4sc(C)nc34)C[C@@H]21. The largest absolute Gasteiger partial charge is 0.333 e. The van der Waals surface area contributed by atoms with Gasteiger partial charge in [0, 0.05) is 26.1 Å². The number of piperazine rings is 1. The van der Waals surface area contributed by atoms with Gasteiger partial charge in [-0.15, -0.1) is 11.3 Å². The minimum absolute atomic E-state index is 0.0384. The highest BCUT2D eigenvalue weighted by Gasteiger charge is 2.52. The second-order valence-corrected chi connectivity index (χ2v) is 12.3. The molecule has 0 spiro atoms. The number of hydrogen-bond donors (Lipinski definition) is 1. The lowest BCUT2D eigenvalue weighted by Gasteiger charge is -2.46. The van der Waals surface area contributed by atoms with Crippen molar-refractivity contribution >= 4 is 39.4 Å². The summed E-state index contributed by atoms with van der Waals surface area (Å²) in [6.45, 7) is 5.55. The van der Waals surface area contributed by atoms with E-state index in [2.05, 4.69) is 11.4 Å². The maximum Gasteiger partial charge on any atom is 0.332 e. The number of hydrazine groups is 1. The Hall–Kier alpha value is -4.28. The Morgan fingerprint density at radius 1 is 1.00 bits per heavy atom. The molecular weight excluding hydrogens is 560 g/mol. The van der Waals surface area contributed by atoms with Crippen molar-refractivity contribution in [3.63, 3.8) is 0 Å². The number of carbonyl (C=O) groups is 3. The van der Waals surface area contributed by atoms with Crippen LogP contribution in [0.15, 0.2) is 78.9 Å². The molecule has 6 rings (SSSR count). The monoisotopic (exact) mass is 596 g/mol. The van der Waals surface area contributed by atoms with Gasteiger partial charge in [0.05, 0.1) is 28.3 Å². The van der Waals surface area contributed by atoms with Crippen molar-refractivity contribution in [1.82, 2.24) is 30.1 Å². The molecule has 9 nitrogen and oxygen atoms in total. The Labute approximate surface area is 255 Å². The fraction of sp³-hybridized carbons (Fsp3) is 0.333. The molecule has 0 unspecified atom stereocenters. The maximum atomic E-state index is 14.2. The summed E-state index contributed by atoms with van der Waals surface area (Å²) in [6, 6.07) is 24.7. The van der Waals surface area contributed by atoms with E-state index in [1.807, 2.05) is 96.6 Å². The second kappa shape index (κ2) is 12.5. The molecule has 10 heteroatoms. The van der Waals surface area contributed by atoms with Gasteiger partial charge in [0.2, 0.25) is 11.8 Å². The number of thiazole rings is 1. The van der Waals surface area contributed by atoms with Gasteiger partial charge in [-0.05, 0) is 36.1 Å². The molecule has 43 heavy (non-hydrogen) atoms. The number of rotatable bonds is 9. The van der Waals surface area contributed by atoms with Crippen LogP contribution >= 0.6 is 11.3 Å². The molecule has 0 radical (unpaired) electrons. The minimum Gasteiger partial charge on any atom is -0.333 e. The summed E-state index contributed by atoms with van der Waals surface area (Å²) in [6.07, 6.45) is 0.654. The molecule has 3 aromatic carbocycles. The molecule has 2 saturated heterocycles. The maximum absolute atomic E-state index is 14.2. The lowest BCUT2D eigenvalue weighted by molar-refractivity contribution is -0.157. The number of nitrogens with one attached hydrogen (secondary N) is 1. The predicted molar refractivity (Wildman–Crippen MR) is 167 cm³/mol. The molecule has 1 aromatic heterocycles. The molecule has 222 valence electrons. The van der Waals surface area contributed by atoms with E-state index in [-0.39, 0.29) is 24.4 Å². The first-order valence-electron chi connectivity index (χ1n) is 14.8. The summed E-state index contributed by atoms with van der Waals surface area (Å²) in [5.74, 6) is -0.233. The van der Waals surface area contributed by atoms with Crippen LogP contribution in [0.1, 0.15) is 35.0 Å². The highest BCUT2D eigenvalue weighted by atomic mass is 32.1. The summed E-state index contributed by atoms with van der Waals surface area (Å²) in [4.78, 5) is 49.7. The van der Waals surface area contributed by atoms with Crippen LogP contribution in [0.3, 0.4) is 0 Å². The zero-order valence-corrected chi connectivity index (χ0v) is 25.3. The summed E-state index contributed by atoms with van der Waals surface area (Å²) in [5.41, 5.74) is 3.86. The van der Waals surface area contributed by atoms with Gasteiger partial charge in [-0.2, -0.15) is 5.01 Å². The molecule has 4 amide bonds. The summed E-state index contributed by atoms with van der Waals surface area (Å²) >= 11 is 1.64. The van der Waals surface area contributed by atoms with Crippen LogP contribution in [0.25, 0.3) is 10.2 Å². The first kappa shape index (κ1) is 28.8. The number of carbonyl (C=O) groups excluding carboxylic acids is 3. The normalized spacial score (nSPS) is 18.7. The first-order chi connectivity index (χ1) is 20.9. The number of fused-ring (bicyclic) bond motifs is 2. The molecule has 0 saturated carbocycles. The van der Waals surface area contributed by atoms with Crippen molar-refractivity contribution in [2.45, 2.75) is 52.0 Å². The van der Waals surface area contributed by atoms with Crippen LogP contribution in [0.4, 0.5) is 4.79 Å². The Kier molecular flexibility index (Phi) is 8.40. The molecule has 2 aliphatic heterocycles. The van der Waals surface area contributed by atoms with Gasteiger partial charge in [0.25, 0.3) is 0 Å². The quantitative estimate of drug-likeness (QED) is 0.306. The van der Waals surface area contributed by atoms with E-state index in [9.17, 15) is 14.4 Å². The van der Waals surface area contributed by atoms with Crippen LogP contribution in [0, 0.1) is 6.92 Å². The average molecular weight is 597 g/mol. The van der Waals surface area contributed by atoms with Crippen molar-refractivity contribution < 1.29 is 14.4 Å². The van der Waals surface area contributed by atoms with Crippen LogP contribution in [0.5, 0.6) is 0 Å². The number of urea groups is 1. The van der Waals surface area contributed by atoms with Gasteiger partial charge in [-0.3, -0.25) is 14.6 Å². The van der Waals surface area contributed by atoms with Crippen LogP contribution < -0.4 is 5.32 Å². The van der Waals surface area contributed by atoms with E-state index in [4.69, 9.17) is 4.98 Å². The fourth-order valence-corrected chi connectivity index (χ4v) is 6.98. The molecule has 0 aliphatic carbocycles. The number of nitrogens with zero attached hydrogens (tertiary/aromatic N) is 5. The smallest absolute Gasteiger partial charge is 0.332 e. The van der Waals surface area contributed by atoms with Crippen molar-refractivity contribution in [1.29, 1.82) is 0 Å². The minimum atomic E-state index is -0.675. The van der Waals surface area contributed by atoms with Gasteiger partial charge in [-0.1, -0.05) is 79.7 Å². The van der Waals surface area contributed by atoms with E-state index >= 15 is 0 Å². The molecule has 4 aromatic rings. The lowest BCUT2D eigenvalue weighted by atomic mass is 10.00. The number of hydrogen-bond acceptors (Lipinski definition) is 6. The average Bonchev–Trinajstić information content (AvgIpc) is 3.56. The number of aromatic nitrogens is 1. The third-order valence-electron chi connectivity index (χ3n) is 8.08. The van der Waals surface area contributed by atoms with Crippen LogP contribution in [0.2, 0.25) is 0 Å². The molecule has 0 bridgehead atoms. The number of benzene rings is 3. The fourth-order valence-electron chi connectivity index (χ4n) is 6.10. The summed E-state index contributed by atoms with van der Waals surface area (Å²) in [5, 5.41) is 7.52. The molecule has 3 heterocycles. The van der Waals surface area contributed by atoms with E-state index in [1.54, 1.807) is 21.2 Å². The third-order valence-corrected chi connectivity index (χ3v) is 9.01. The molecule has 2 atom stereocenters. The highest BCUT2D eigenvalue weighted by Crippen LogP contribution is 2.32. The molecule has 1 N–H and O–H groups in total. The number of amides is 4. The van der Waals surface area contributed by atoms with Gasteiger partial charge in [-0.25, -0.2) is 9.78 Å². The second-order valence-electron chi connectivity index (χ2n) is 11.1. The van der Waals surface area contributed by atoms with E-state index in [0.717, 1.165) is 38.3 Å². The van der Waals surface area contributed by atoms with Crippen LogP contribution in [-0.4, -0.2) is 74.5 Å². The van der Waals surface area contributed by atoms with Gasteiger partial charge in [0.15, 0.2) is 0 Å². The Bertz CT molecular complexity index is 1610. The first-order valence-corrected chi connectivity index (χ1v) is 15.6. The molecular formula is C33H36N6O3S. The standard InChI is InChI=1S/C33H36N6O3S/c1-3-17-37(33(42)34-19-25-13-8-5-9-14-25)38-22-30(40)39-27(18-24-11-6-4-7-12-24)32(41)36(21-29(38)39)20-26-15-10-16-28-31(26)35-23(2)43-28/h4-16,27,29H,3,17-22H2,1-2H3,(H,34,42)/t27-,29+/m0/s1. The zero-order chi connectivity index (χ0) is 29.9. The van der Waals surface area contributed by atoms with E-state index < -0.39 is 12.2 Å². The van der Waals surface area contributed by atoms with Crippen molar-refractivity contribution in [3.8, 4) is 0 Å². The van der Waals surface area contributed by atoms with E-state index in [1.165, 1.54) is 0 Å². The number of para-hydroxylation sites is 1. The summed E-state index contributed by atoms with van der Waals surface area (Å²) < 4.78 is 1.09. The Morgan fingerprint density at radius 3 is 2.44 bits per heavy atom. The summed E-state index contributed by atoms with van der Waals surface area (Å²) in [7, 11) is 0. The van der Waals surface area contributed by atoms with Crippen molar-refractivity contribution in [2.24, 2.45) is 0 Å².